The van der Waals surface area contributed by atoms with E-state index in [-0.39, 0.29) is 17.8 Å². The van der Waals surface area contributed by atoms with Gasteiger partial charge < -0.3 is 14.5 Å². The number of fused-ring (bicyclic) bond motifs is 3. The number of rotatable bonds is 3. The van der Waals surface area contributed by atoms with E-state index in [2.05, 4.69) is 11.9 Å². The molecule has 1 aromatic carbocycles. The van der Waals surface area contributed by atoms with Gasteiger partial charge in [-0.25, -0.2) is 0 Å². The summed E-state index contributed by atoms with van der Waals surface area (Å²) in [4.78, 5) is 16.0. The molecule has 1 N–H and O–H groups in total. The number of ether oxygens (including phenoxy) is 2. The first-order valence-electron chi connectivity index (χ1n) is 7.60. The minimum atomic E-state index is 0.0314. The van der Waals surface area contributed by atoms with E-state index < -0.39 is 0 Å². The van der Waals surface area contributed by atoms with E-state index in [4.69, 9.17) is 9.47 Å². The normalized spacial score (nSPS) is 19.8. The average molecular weight is 299 g/mol. The van der Waals surface area contributed by atoms with E-state index in [0.717, 1.165) is 27.8 Å². The Morgan fingerprint density at radius 2 is 2.14 bits per heavy atom. The van der Waals surface area contributed by atoms with Gasteiger partial charge in [-0.3, -0.25) is 4.79 Å². The fourth-order valence-corrected chi connectivity index (χ4v) is 3.01. The molecule has 4 nitrogen and oxygen atoms in total. The highest BCUT2D eigenvalue weighted by atomic mass is 16.5. The van der Waals surface area contributed by atoms with Crippen molar-refractivity contribution in [2.45, 2.75) is 39.2 Å². The minimum absolute atomic E-state index is 0.0314. The molecule has 0 spiro atoms. The van der Waals surface area contributed by atoms with Crippen molar-refractivity contribution in [1.29, 1.82) is 0 Å². The number of allylic oxidation sites excluding steroid dienone is 1. The summed E-state index contributed by atoms with van der Waals surface area (Å²) in [6.45, 7) is 6.05. The quantitative estimate of drug-likeness (QED) is 0.683. The standard InChI is InChI=1S/C18H21NO3/c1-10(2)22-9-12-7-11(3)16-14-8-13(21-4)5-6-15(14)19-17(16)18(12)20/h5-6,8-11,19H,7H2,1-4H3/b12-9-. The maximum absolute atomic E-state index is 12.7. The number of carbonyl (C=O) groups excluding carboxylic acids is 1. The molecule has 1 aliphatic carbocycles. The van der Waals surface area contributed by atoms with Crippen LogP contribution in [0, 0.1) is 0 Å². The number of methoxy groups -OCH3 is 1. The van der Waals surface area contributed by atoms with Gasteiger partial charge in [0.25, 0.3) is 0 Å². The Kier molecular flexibility index (Phi) is 3.69. The monoisotopic (exact) mass is 299 g/mol. The third kappa shape index (κ3) is 2.39. The van der Waals surface area contributed by atoms with Gasteiger partial charge in [0.1, 0.15) is 5.75 Å². The van der Waals surface area contributed by atoms with E-state index in [9.17, 15) is 4.79 Å². The first kappa shape index (κ1) is 14.7. The molecule has 2 aromatic rings. The lowest BCUT2D eigenvalue weighted by Gasteiger charge is -2.21. The van der Waals surface area contributed by atoms with Crippen LogP contribution in [-0.2, 0) is 4.74 Å². The Morgan fingerprint density at radius 1 is 1.36 bits per heavy atom. The number of aromatic amines is 1. The van der Waals surface area contributed by atoms with Crippen molar-refractivity contribution in [3.63, 3.8) is 0 Å². The van der Waals surface area contributed by atoms with E-state index in [1.807, 2.05) is 32.0 Å². The van der Waals surface area contributed by atoms with Crippen molar-refractivity contribution in [2.75, 3.05) is 7.11 Å². The van der Waals surface area contributed by atoms with Crippen LogP contribution in [0.5, 0.6) is 5.75 Å². The zero-order chi connectivity index (χ0) is 15.9. The molecule has 0 saturated carbocycles. The largest absolute Gasteiger partial charge is 0.498 e. The average Bonchev–Trinajstić information content (AvgIpc) is 2.88. The van der Waals surface area contributed by atoms with Crippen LogP contribution >= 0.6 is 0 Å². The molecule has 1 aromatic heterocycles. The van der Waals surface area contributed by atoms with E-state index >= 15 is 0 Å². The number of hydrogen-bond acceptors (Lipinski definition) is 3. The number of hydrogen-bond donors (Lipinski definition) is 1. The SMILES string of the molecule is COc1ccc2[nH]c3c(c2c1)C(C)C/C(=C/OC(C)C)C3=O. The maximum Gasteiger partial charge on any atom is 0.208 e. The molecule has 1 aliphatic rings. The predicted octanol–water partition coefficient (Wildman–Crippen LogP) is 4.18. The van der Waals surface area contributed by atoms with Crippen molar-refractivity contribution in [3.8, 4) is 5.75 Å². The summed E-state index contributed by atoms with van der Waals surface area (Å²) in [5.74, 6) is 1.10. The Bertz CT molecular complexity index is 755. The van der Waals surface area contributed by atoms with Crippen LogP contribution < -0.4 is 4.74 Å². The Morgan fingerprint density at radius 3 is 2.82 bits per heavy atom. The molecule has 0 amide bonds. The smallest absolute Gasteiger partial charge is 0.208 e. The molecule has 116 valence electrons. The van der Waals surface area contributed by atoms with Crippen molar-refractivity contribution >= 4 is 16.7 Å². The molecule has 1 heterocycles. The van der Waals surface area contributed by atoms with Crippen molar-refractivity contribution in [1.82, 2.24) is 4.98 Å². The number of benzene rings is 1. The third-order valence-electron chi connectivity index (χ3n) is 4.07. The summed E-state index contributed by atoms with van der Waals surface area (Å²) in [5, 5.41) is 1.07. The van der Waals surface area contributed by atoms with Crippen LogP contribution in [0.2, 0.25) is 0 Å². The van der Waals surface area contributed by atoms with Gasteiger partial charge in [-0.1, -0.05) is 6.92 Å². The topological polar surface area (TPSA) is 51.3 Å². The number of aromatic nitrogens is 1. The number of H-pyrrole nitrogens is 1. The number of ketones is 1. The molecule has 1 unspecified atom stereocenters. The molecule has 0 aliphatic heterocycles. The lowest BCUT2D eigenvalue weighted by Crippen LogP contribution is -2.17. The lowest BCUT2D eigenvalue weighted by atomic mass is 9.83. The molecule has 1 atom stereocenters. The number of carbonyl (C=O) groups is 1. The second kappa shape index (κ2) is 5.52. The van der Waals surface area contributed by atoms with Crippen LogP contribution in [0.15, 0.2) is 30.0 Å². The Labute approximate surface area is 130 Å². The molecule has 0 fully saturated rings. The second-order valence-corrected chi connectivity index (χ2v) is 6.09. The predicted molar refractivity (Wildman–Crippen MR) is 86.5 cm³/mol. The van der Waals surface area contributed by atoms with Gasteiger partial charge in [-0.15, -0.1) is 0 Å². The molecule has 22 heavy (non-hydrogen) atoms. The lowest BCUT2D eigenvalue weighted by molar-refractivity contribution is 0.100. The summed E-state index contributed by atoms with van der Waals surface area (Å²) in [6.07, 6.45) is 2.39. The van der Waals surface area contributed by atoms with Gasteiger partial charge in [-0.05, 0) is 49.9 Å². The van der Waals surface area contributed by atoms with Gasteiger partial charge in [0.15, 0.2) is 0 Å². The van der Waals surface area contributed by atoms with Gasteiger partial charge in [0, 0.05) is 16.5 Å². The molecule has 3 rings (SSSR count). The molecular weight excluding hydrogens is 278 g/mol. The first-order chi connectivity index (χ1) is 10.5. The van der Waals surface area contributed by atoms with Crippen LogP contribution in [-0.4, -0.2) is 24.0 Å². The fourth-order valence-electron chi connectivity index (χ4n) is 3.01. The van der Waals surface area contributed by atoms with Crippen LogP contribution in [0.25, 0.3) is 10.9 Å². The van der Waals surface area contributed by atoms with Crippen molar-refractivity contribution in [3.05, 3.63) is 41.3 Å². The summed E-state index contributed by atoms with van der Waals surface area (Å²) in [6, 6.07) is 5.85. The number of nitrogens with one attached hydrogen (secondary N) is 1. The molecule has 4 heteroatoms. The highest BCUT2D eigenvalue weighted by Gasteiger charge is 2.31. The highest BCUT2D eigenvalue weighted by molar-refractivity contribution is 6.13. The zero-order valence-electron chi connectivity index (χ0n) is 13.4. The second-order valence-electron chi connectivity index (χ2n) is 6.09. The van der Waals surface area contributed by atoms with Crippen LogP contribution in [0.3, 0.4) is 0 Å². The van der Waals surface area contributed by atoms with Gasteiger partial charge in [-0.2, -0.15) is 0 Å². The highest BCUT2D eigenvalue weighted by Crippen LogP contribution is 2.40. The summed E-state index contributed by atoms with van der Waals surface area (Å²) in [5.41, 5.74) is 3.46. The fraction of sp³-hybridized carbons (Fsp3) is 0.389. The van der Waals surface area contributed by atoms with Gasteiger partial charge >= 0.3 is 0 Å². The minimum Gasteiger partial charge on any atom is -0.498 e. The van der Waals surface area contributed by atoms with Crippen LogP contribution in [0.4, 0.5) is 0 Å². The molecule has 0 radical (unpaired) electrons. The van der Waals surface area contributed by atoms with Crippen molar-refractivity contribution in [2.24, 2.45) is 0 Å². The zero-order valence-corrected chi connectivity index (χ0v) is 13.4. The van der Waals surface area contributed by atoms with Crippen LogP contribution in [0.1, 0.15) is 49.2 Å². The molecule has 0 saturated heterocycles. The first-order valence-corrected chi connectivity index (χ1v) is 7.60. The summed E-state index contributed by atoms with van der Waals surface area (Å²) in [7, 11) is 1.65. The third-order valence-corrected chi connectivity index (χ3v) is 4.07. The van der Waals surface area contributed by atoms with Crippen molar-refractivity contribution < 1.29 is 14.3 Å². The molecule has 0 bridgehead atoms. The van der Waals surface area contributed by atoms with E-state index in [1.165, 1.54) is 0 Å². The Hall–Kier alpha value is -2.23. The van der Waals surface area contributed by atoms with Gasteiger partial charge in [0.05, 0.1) is 25.2 Å². The van der Waals surface area contributed by atoms with E-state index in [1.54, 1.807) is 13.4 Å². The summed E-state index contributed by atoms with van der Waals surface area (Å²) < 4.78 is 10.8. The number of Topliss-reactive ketones (excluding diaryl/α,β-unsaturated/α-hetero) is 1. The maximum atomic E-state index is 12.7. The molecular formula is C18H21NO3. The summed E-state index contributed by atoms with van der Waals surface area (Å²) >= 11 is 0. The Balaban J connectivity index is 2.10. The van der Waals surface area contributed by atoms with Gasteiger partial charge in [0.2, 0.25) is 5.78 Å². The van der Waals surface area contributed by atoms with E-state index in [0.29, 0.717) is 12.1 Å².